The molecule has 0 radical (unpaired) electrons. The molecule has 0 aliphatic rings. The highest BCUT2D eigenvalue weighted by Crippen LogP contribution is 2.27. The van der Waals surface area contributed by atoms with Gasteiger partial charge in [0.25, 0.3) is 5.91 Å². The highest BCUT2D eigenvalue weighted by atomic mass is 35.5. The first kappa shape index (κ1) is 15.1. The summed E-state index contributed by atoms with van der Waals surface area (Å²) >= 11 is 7.48. The van der Waals surface area contributed by atoms with E-state index in [-0.39, 0.29) is 5.57 Å². The maximum atomic E-state index is 12.1. The highest BCUT2D eigenvalue weighted by Gasteiger charge is 2.11. The Morgan fingerprint density at radius 3 is 2.86 bits per heavy atom. The van der Waals surface area contributed by atoms with Gasteiger partial charge in [0.05, 0.1) is 12.1 Å². The van der Waals surface area contributed by atoms with Gasteiger partial charge in [-0.3, -0.25) is 4.79 Å². The Morgan fingerprint density at radius 2 is 2.29 bits per heavy atom. The quantitative estimate of drug-likeness (QED) is 0.685. The zero-order chi connectivity index (χ0) is 15.2. The minimum absolute atomic E-state index is 0.0281. The molecule has 0 aliphatic carbocycles. The molecule has 4 nitrogen and oxygen atoms in total. The molecule has 1 amide bonds. The number of carbonyl (C=O) groups excluding carboxylic acids is 1. The number of ether oxygens (including phenoxy) is 1. The monoisotopic (exact) mass is 318 g/mol. The van der Waals surface area contributed by atoms with E-state index < -0.39 is 5.91 Å². The lowest BCUT2D eigenvalue weighted by molar-refractivity contribution is -0.112. The number of hydrogen-bond acceptors (Lipinski definition) is 4. The molecule has 0 saturated carbocycles. The number of amides is 1. The lowest BCUT2D eigenvalue weighted by Crippen LogP contribution is -2.13. The summed E-state index contributed by atoms with van der Waals surface area (Å²) in [4.78, 5) is 12.1. The summed E-state index contributed by atoms with van der Waals surface area (Å²) in [6.07, 6.45) is 1.54. The molecular weight excluding hydrogens is 308 g/mol. The Hall–Kier alpha value is -2.29. The van der Waals surface area contributed by atoms with Crippen molar-refractivity contribution in [3.8, 4) is 11.8 Å². The number of halogens is 1. The van der Waals surface area contributed by atoms with Gasteiger partial charge in [0.2, 0.25) is 0 Å². The van der Waals surface area contributed by atoms with Crippen LogP contribution < -0.4 is 10.1 Å². The van der Waals surface area contributed by atoms with E-state index in [0.29, 0.717) is 16.5 Å². The molecule has 106 valence electrons. The predicted octanol–water partition coefficient (Wildman–Crippen LogP) is 3.96. The summed E-state index contributed by atoms with van der Waals surface area (Å²) in [6.45, 7) is 0. The Labute approximate surface area is 131 Å². The van der Waals surface area contributed by atoms with Gasteiger partial charge in [-0.2, -0.15) is 16.6 Å². The number of rotatable bonds is 4. The van der Waals surface area contributed by atoms with Crippen molar-refractivity contribution in [3.05, 3.63) is 51.2 Å². The Morgan fingerprint density at radius 1 is 1.48 bits per heavy atom. The first-order chi connectivity index (χ1) is 10.1. The van der Waals surface area contributed by atoms with Crippen LogP contribution in [0.3, 0.4) is 0 Å². The summed E-state index contributed by atoms with van der Waals surface area (Å²) in [7, 11) is 1.51. The van der Waals surface area contributed by atoms with E-state index in [1.165, 1.54) is 24.5 Å². The van der Waals surface area contributed by atoms with E-state index in [2.05, 4.69) is 5.32 Å². The molecule has 0 spiro atoms. The van der Waals surface area contributed by atoms with Crippen LogP contribution in [-0.4, -0.2) is 13.0 Å². The van der Waals surface area contributed by atoms with Gasteiger partial charge in [0.15, 0.2) is 0 Å². The van der Waals surface area contributed by atoms with Crippen LogP contribution in [0.1, 0.15) is 5.56 Å². The summed E-state index contributed by atoms with van der Waals surface area (Å²) in [5.74, 6) is 0.0360. The average Bonchev–Trinajstić information content (AvgIpc) is 2.98. The van der Waals surface area contributed by atoms with Crippen molar-refractivity contribution in [1.29, 1.82) is 5.26 Å². The number of nitriles is 1. The van der Waals surface area contributed by atoms with Crippen molar-refractivity contribution in [2.75, 3.05) is 12.4 Å². The van der Waals surface area contributed by atoms with Crippen LogP contribution in [0.5, 0.6) is 5.75 Å². The fraction of sp³-hybridized carbons (Fsp3) is 0.0667. The summed E-state index contributed by atoms with van der Waals surface area (Å²) in [5.41, 5.74) is 1.34. The van der Waals surface area contributed by atoms with Gasteiger partial charge in [-0.1, -0.05) is 11.6 Å². The van der Waals surface area contributed by atoms with Crippen molar-refractivity contribution in [1.82, 2.24) is 0 Å². The average molecular weight is 319 g/mol. The second-order valence-corrected chi connectivity index (χ2v) is 5.22. The number of hydrogen-bond donors (Lipinski definition) is 1. The van der Waals surface area contributed by atoms with Crippen molar-refractivity contribution in [3.63, 3.8) is 0 Å². The van der Waals surface area contributed by atoms with Gasteiger partial charge >= 0.3 is 0 Å². The Bertz CT molecular complexity index is 718. The van der Waals surface area contributed by atoms with Crippen LogP contribution in [-0.2, 0) is 4.79 Å². The van der Waals surface area contributed by atoms with Crippen LogP contribution in [0.4, 0.5) is 5.69 Å². The summed E-state index contributed by atoms with van der Waals surface area (Å²) in [6, 6.07) is 8.59. The molecule has 2 aromatic rings. The van der Waals surface area contributed by atoms with Crippen molar-refractivity contribution in [2.24, 2.45) is 0 Å². The van der Waals surface area contributed by atoms with Gasteiger partial charge in [-0.15, -0.1) is 0 Å². The maximum absolute atomic E-state index is 12.1. The van der Waals surface area contributed by atoms with E-state index in [4.69, 9.17) is 21.6 Å². The zero-order valence-electron chi connectivity index (χ0n) is 11.1. The molecule has 2 rings (SSSR count). The smallest absolute Gasteiger partial charge is 0.266 e. The third kappa shape index (κ3) is 3.85. The van der Waals surface area contributed by atoms with E-state index >= 15 is 0 Å². The molecule has 0 bridgehead atoms. The minimum Gasteiger partial charge on any atom is -0.495 e. The highest BCUT2D eigenvalue weighted by molar-refractivity contribution is 7.08. The summed E-state index contributed by atoms with van der Waals surface area (Å²) < 4.78 is 5.04. The molecule has 1 aromatic carbocycles. The molecule has 1 N–H and O–H groups in total. The molecule has 0 atom stereocenters. The SMILES string of the molecule is COc1ccc(NC(=O)/C(C#N)=C/c2ccsc2)cc1Cl. The number of nitrogens with zero attached hydrogens (tertiary/aromatic N) is 1. The van der Waals surface area contributed by atoms with Crippen LogP contribution >= 0.6 is 22.9 Å². The lowest BCUT2D eigenvalue weighted by atomic mass is 10.2. The van der Waals surface area contributed by atoms with Crippen molar-refractivity contribution >= 4 is 40.6 Å². The predicted molar refractivity (Wildman–Crippen MR) is 84.5 cm³/mol. The Balaban J connectivity index is 2.17. The van der Waals surface area contributed by atoms with Gasteiger partial charge < -0.3 is 10.1 Å². The molecule has 0 saturated heterocycles. The number of methoxy groups -OCH3 is 1. The maximum Gasteiger partial charge on any atom is 0.266 e. The molecular formula is C15H11ClN2O2S. The van der Waals surface area contributed by atoms with E-state index in [9.17, 15) is 4.79 Å². The molecule has 1 aromatic heterocycles. The molecule has 21 heavy (non-hydrogen) atoms. The third-order valence-corrected chi connectivity index (χ3v) is 3.63. The van der Waals surface area contributed by atoms with Crippen molar-refractivity contribution in [2.45, 2.75) is 0 Å². The second-order valence-electron chi connectivity index (χ2n) is 4.03. The van der Waals surface area contributed by atoms with E-state index in [1.807, 2.05) is 22.9 Å². The second kappa shape index (κ2) is 6.93. The number of carbonyl (C=O) groups is 1. The molecule has 0 aliphatic heterocycles. The van der Waals surface area contributed by atoms with Crippen molar-refractivity contribution < 1.29 is 9.53 Å². The Kier molecular flexibility index (Phi) is 4.99. The fourth-order valence-electron chi connectivity index (χ4n) is 1.61. The first-order valence-electron chi connectivity index (χ1n) is 5.93. The van der Waals surface area contributed by atoms with E-state index in [1.54, 1.807) is 18.2 Å². The van der Waals surface area contributed by atoms with Gasteiger partial charge in [-0.25, -0.2) is 0 Å². The van der Waals surface area contributed by atoms with Gasteiger partial charge in [-0.05, 0) is 46.7 Å². The van der Waals surface area contributed by atoms with Crippen LogP contribution in [0.25, 0.3) is 6.08 Å². The standard InChI is InChI=1S/C15H11ClN2O2S/c1-20-14-3-2-12(7-13(14)16)18-15(19)11(8-17)6-10-4-5-21-9-10/h2-7,9H,1H3,(H,18,19)/b11-6+. The topological polar surface area (TPSA) is 62.1 Å². The largest absolute Gasteiger partial charge is 0.495 e. The number of anilines is 1. The minimum atomic E-state index is -0.482. The fourth-order valence-corrected chi connectivity index (χ4v) is 2.49. The third-order valence-electron chi connectivity index (χ3n) is 2.63. The van der Waals surface area contributed by atoms with Crippen LogP contribution in [0.2, 0.25) is 5.02 Å². The summed E-state index contributed by atoms with van der Waals surface area (Å²) in [5, 5.41) is 15.8. The van der Waals surface area contributed by atoms with E-state index in [0.717, 1.165) is 5.56 Å². The molecule has 0 unspecified atom stereocenters. The molecule has 6 heteroatoms. The lowest BCUT2D eigenvalue weighted by Gasteiger charge is -2.07. The van der Waals surface area contributed by atoms with Crippen LogP contribution in [0.15, 0.2) is 40.6 Å². The molecule has 1 heterocycles. The number of thiophene rings is 1. The normalized spacial score (nSPS) is 10.8. The zero-order valence-corrected chi connectivity index (χ0v) is 12.7. The van der Waals surface area contributed by atoms with Gasteiger partial charge in [0.1, 0.15) is 17.4 Å². The van der Waals surface area contributed by atoms with Crippen LogP contribution in [0, 0.1) is 11.3 Å². The number of nitrogens with one attached hydrogen (secondary N) is 1. The first-order valence-corrected chi connectivity index (χ1v) is 7.25. The number of benzene rings is 1. The van der Waals surface area contributed by atoms with Gasteiger partial charge in [0, 0.05) is 5.69 Å². The molecule has 0 fully saturated rings.